The molecule has 37 heavy (non-hydrogen) atoms. The second kappa shape index (κ2) is 14.4. The summed E-state index contributed by atoms with van der Waals surface area (Å²) in [7, 11) is -2.05. The monoisotopic (exact) mass is 571 g/mol. The predicted molar refractivity (Wildman–Crippen MR) is 149 cm³/mol. The molecule has 8 nitrogen and oxygen atoms in total. The summed E-state index contributed by atoms with van der Waals surface area (Å²) in [5.41, 5.74) is 1.21. The van der Waals surface area contributed by atoms with E-state index in [0.717, 1.165) is 24.7 Å². The molecule has 0 fully saturated rings. The minimum Gasteiger partial charge on any atom is -0.497 e. The summed E-state index contributed by atoms with van der Waals surface area (Å²) in [4.78, 5) is 27.6. The van der Waals surface area contributed by atoms with Crippen molar-refractivity contribution in [3.63, 3.8) is 0 Å². The molecule has 0 aliphatic rings. The molecule has 0 aliphatic carbocycles. The van der Waals surface area contributed by atoms with Crippen molar-refractivity contribution < 1.29 is 22.7 Å². The standard InChI is InChI=1S/C26H35Cl2N3O5S/c1-5-6-15-29-26(33)19(2)30(18-20-9-14-23(27)24(28)17-20)25(32)8-7-16-31(37(4,34)35)21-10-12-22(36-3)13-11-21/h9-14,17,19H,5-8,15-16,18H2,1-4H3,(H,29,33)/t19-/m0/s1. The zero-order valence-electron chi connectivity index (χ0n) is 21.7. The van der Waals surface area contributed by atoms with Gasteiger partial charge in [-0.15, -0.1) is 0 Å². The number of carbonyl (C=O) groups excluding carboxylic acids is 2. The molecule has 0 heterocycles. The van der Waals surface area contributed by atoms with Crippen LogP contribution in [0.2, 0.25) is 10.0 Å². The Morgan fingerprint density at radius 3 is 2.30 bits per heavy atom. The molecule has 2 amide bonds. The van der Waals surface area contributed by atoms with Crippen LogP contribution in [-0.4, -0.2) is 57.6 Å². The van der Waals surface area contributed by atoms with Crippen molar-refractivity contribution in [1.29, 1.82) is 0 Å². The quantitative estimate of drug-likeness (QED) is 0.326. The smallest absolute Gasteiger partial charge is 0.242 e. The maximum Gasteiger partial charge on any atom is 0.242 e. The highest BCUT2D eigenvalue weighted by Gasteiger charge is 2.26. The number of halogens is 2. The van der Waals surface area contributed by atoms with Gasteiger partial charge in [-0.3, -0.25) is 13.9 Å². The van der Waals surface area contributed by atoms with Crippen molar-refractivity contribution in [3.8, 4) is 5.75 Å². The average Bonchev–Trinajstić information content (AvgIpc) is 2.86. The first-order chi connectivity index (χ1) is 17.5. The third-order valence-electron chi connectivity index (χ3n) is 5.85. The second-order valence-corrected chi connectivity index (χ2v) is 11.4. The zero-order chi connectivity index (χ0) is 27.6. The summed E-state index contributed by atoms with van der Waals surface area (Å²) in [5, 5.41) is 3.62. The Labute approximate surface area is 229 Å². The molecule has 11 heteroatoms. The molecule has 2 rings (SSSR count). The molecule has 0 bridgehead atoms. The van der Waals surface area contributed by atoms with Crippen molar-refractivity contribution in [2.45, 2.75) is 52.1 Å². The summed E-state index contributed by atoms with van der Waals surface area (Å²) in [5.74, 6) is 0.0850. The normalized spacial score (nSPS) is 12.1. The van der Waals surface area contributed by atoms with Crippen LogP contribution < -0.4 is 14.4 Å². The van der Waals surface area contributed by atoms with Gasteiger partial charge in [0.1, 0.15) is 11.8 Å². The molecular weight excluding hydrogens is 537 g/mol. The van der Waals surface area contributed by atoms with Gasteiger partial charge in [-0.05, 0) is 61.7 Å². The number of carbonyl (C=O) groups is 2. The van der Waals surface area contributed by atoms with Crippen LogP contribution in [-0.2, 0) is 26.2 Å². The third-order valence-corrected chi connectivity index (χ3v) is 7.78. The van der Waals surface area contributed by atoms with Crippen LogP contribution in [0.3, 0.4) is 0 Å². The van der Waals surface area contributed by atoms with Gasteiger partial charge in [0.15, 0.2) is 0 Å². The van der Waals surface area contributed by atoms with Gasteiger partial charge in [0, 0.05) is 26.1 Å². The number of hydrogen-bond acceptors (Lipinski definition) is 5. The molecule has 0 saturated carbocycles. The van der Waals surface area contributed by atoms with Crippen LogP contribution in [0.25, 0.3) is 0 Å². The van der Waals surface area contributed by atoms with E-state index in [1.807, 2.05) is 6.92 Å². The molecule has 0 spiro atoms. The van der Waals surface area contributed by atoms with Crippen molar-refractivity contribution in [1.82, 2.24) is 10.2 Å². The Balaban J connectivity index is 2.16. The highest BCUT2D eigenvalue weighted by Crippen LogP contribution is 2.25. The van der Waals surface area contributed by atoms with Gasteiger partial charge in [-0.1, -0.05) is 42.6 Å². The van der Waals surface area contributed by atoms with Gasteiger partial charge < -0.3 is 15.0 Å². The minimum atomic E-state index is -3.58. The highest BCUT2D eigenvalue weighted by atomic mass is 35.5. The number of amides is 2. The fraction of sp³-hybridized carbons (Fsp3) is 0.462. The van der Waals surface area contributed by atoms with E-state index < -0.39 is 16.1 Å². The molecule has 1 atom stereocenters. The van der Waals surface area contributed by atoms with Crippen molar-refractivity contribution in [2.75, 3.05) is 30.8 Å². The molecule has 0 aromatic heterocycles. The summed E-state index contributed by atoms with van der Waals surface area (Å²) in [6, 6.07) is 11.0. The molecule has 2 aromatic carbocycles. The van der Waals surface area contributed by atoms with Crippen LogP contribution in [0.1, 0.15) is 45.1 Å². The lowest BCUT2D eigenvalue weighted by Crippen LogP contribution is -2.48. The first kappa shape index (κ1) is 30.7. The molecule has 0 radical (unpaired) electrons. The van der Waals surface area contributed by atoms with E-state index in [9.17, 15) is 18.0 Å². The summed E-state index contributed by atoms with van der Waals surface area (Å²) >= 11 is 12.2. The number of nitrogens with one attached hydrogen (secondary N) is 1. The van der Waals surface area contributed by atoms with Gasteiger partial charge >= 0.3 is 0 Å². The van der Waals surface area contributed by atoms with Crippen LogP contribution in [0.15, 0.2) is 42.5 Å². The first-order valence-corrected chi connectivity index (χ1v) is 14.7. The van der Waals surface area contributed by atoms with Crippen LogP contribution in [0.5, 0.6) is 5.75 Å². The van der Waals surface area contributed by atoms with Crippen molar-refractivity contribution >= 4 is 50.7 Å². The number of unbranched alkanes of at least 4 members (excludes halogenated alkanes) is 1. The lowest BCUT2D eigenvalue weighted by Gasteiger charge is -2.29. The second-order valence-electron chi connectivity index (χ2n) is 8.73. The number of benzene rings is 2. The molecule has 0 saturated heterocycles. The van der Waals surface area contributed by atoms with Crippen LogP contribution in [0.4, 0.5) is 5.69 Å². The van der Waals surface area contributed by atoms with Gasteiger partial charge in [0.2, 0.25) is 21.8 Å². The first-order valence-electron chi connectivity index (χ1n) is 12.1. The SMILES string of the molecule is CCCCNC(=O)[C@H](C)N(Cc1ccc(Cl)c(Cl)c1)C(=O)CCCN(c1ccc(OC)cc1)S(C)(=O)=O. The Morgan fingerprint density at radius 2 is 1.73 bits per heavy atom. The van der Waals surface area contributed by atoms with E-state index in [2.05, 4.69) is 5.32 Å². The maximum atomic E-state index is 13.3. The number of methoxy groups -OCH3 is 1. The number of nitrogens with zero attached hydrogens (tertiary/aromatic N) is 2. The van der Waals surface area contributed by atoms with Gasteiger partial charge in [-0.25, -0.2) is 8.42 Å². The summed E-state index contributed by atoms with van der Waals surface area (Å²) in [6.07, 6.45) is 3.21. The van der Waals surface area contributed by atoms with E-state index in [1.54, 1.807) is 49.4 Å². The predicted octanol–water partition coefficient (Wildman–Crippen LogP) is 4.88. The number of sulfonamides is 1. The average molecular weight is 573 g/mol. The van der Waals surface area contributed by atoms with Gasteiger partial charge in [0.25, 0.3) is 0 Å². The molecular formula is C26H35Cl2N3O5S. The van der Waals surface area contributed by atoms with Crippen LogP contribution in [0, 0.1) is 0 Å². The van der Waals surface area contributed by atoms with E-state index in [1.165, 1.54) is 16.3 Å². The Kier molecular flexibility index (Phi) is 12.0. The van der Waals surface area contributed by atoms with E-state index in [0.29, 0.717) is 28.0 Å². The lowest BCUT2D eigenvalue weighted by atomic mass is 10.1. The largest absolute Gasteiger partial charge is 0.497 e. The van der Waals surface area contributed by atoms with E-state index in [4.69, 9.17) is 27.9 Å². The van der Waals surface area contributed by atoms with E-state index >= 15 is 0 Å². The van der Waals surface area contributed by atoms with Gasteiger partial charge in [-0.2, -0.15) is 0 Å². The Morgan fingerprint density at radius 1 is 1.05 bits per heavy atom. The van der Waals surface area contributed by atoms with Crippen molar-refractivity contribution in [3.05, 3.63) is 58.1 Å². The number of rotatable bonds is 14. The molecule has 1 N–H and O–H groups in total. The third kappa shape index (κ3) is 9.39. The molecule has 204 valence electrons. The topological polar surface area (TPSA) is 96.0 Å². The minimum absolute atomic E-state index is 0.0517. The highest BCUT2D eigenvalue weighted by molar-refractivity contribution is 7.92. The zero-order valence-corrected chi connectivity index (χ0v) is 24.0. The molecule has 0 unspecified atom stereocenters. The summed E-state index contributed by atoms with van der Waals surface area (Å²) < 4.78 is 31.3. The summed E-state index contributed by atoms with van der Waals surface area (Å²) in [6.45, 7) is 4.50. The molecule has 0 aliphatic heterocycles. The number of anilines is 1. The maximum absolute atomic E-state index is 13.3. The Hall–Kier alpha value is -2.49. The number of hydrogen-bond donors (Lipinski definition) is 1. The molecule has 2 aromatic rings. The fourth-order valence-electron chi connectivity index (χ4n) is 3.71. The Bertz CT molecular complexity index is 1160. The van der Waals surface area contributed by atoms with Crippen molar-refractivity contribution in [2.24, 2.45) is 0 Å². The fourth-order valence-corrected chi connectivity index (χ4v) is 4.99. The van der Waals surface area contributed by atoms with E-state index in [-0.39, 0.29) is 37.7 Å². The number of ether oxygens (including phenoxy) is 1. The van der Waals surface area contributed by atoms with Crippen LogP contribution >= 0.6 is 23.2 Å². The van der Waals surface area contributed by atoms with Gasteiger partial charge in [0.05, 0.1) is 29.1 Å². The lowest BCUT2D eigenvalue weighted by molar-refractivity contribution is -0.140.